The number of aromatic nitrogens is 2. The van der Waals surface area contributed by atoms with E-state index in [0.29, 0.717) is 5.56 Å². The Morgan fingerprint density at radius 2 is 2.05 bits per heavy atom. The van der Waals surface area contributed by atoms with Crippen molar-refractivity contribution in [2.45, 2.75) is 25.1 Å². The van der Waals surface area contributed by atoms with E-state index in [1.54, 1.807) is 6.07 Å². The third-order valence-electron chi connectivity index (χ3n) is 2.51. The summed E-state index contributed by atoms with van der Waals surface area (Å²) >= 11 is 0. The van der Waals surface area contributed by atoms with Crippen molar-refractivity contribution in [3.05, 3.63) is 47.4 Å². The van der Waals surface area contributed by atoms with Gasteiger partial charge in [-0.3, -0.25) is 0 Å². The molecule has 0 bridgehead atoms. The summed E-state index contributed by atoms with van der Waals surface area (Å²) in [6.45, 7) is 0. The fourth-order valence-electron chi connectivity index (χ4n) is 1.56. The molecule has 0 spiro atoms. The standard InChI is InChI=1S/C12H10F4N2O2/c13-8-3-1-2-7(4-8)5-10-17-11(20-18-10)6-9(19)12(14,15)16/h1-4,9,19H,5-6H2. The number of aliphatic hydroxyl groups is 1. The van der Waals surface area contributed by atoms with Gasteiger partial charge in [0.2, 0.25) is 5.89 Å². The molecule has 2 rings (SSSR count). The molecule has 0 fully saturated rings. The van der Waals surface area contributed by atoms with Crippen molar-refractivity contribution in [3.8, 4) is 0 Å². The second kappa shape index (κ2) is 5.58. The van der Waals surface area contributed by atoms with Gasteiger partial charge in [0, 0.05) is 6.42 Å². The van der Waals surface area contributed by atoms with Crippen molar-refractivity contribution in [2.75, 3.05) is 0 Å². The minimum atomic E-state index is -4.74. The molecule has 1 heterocycles. The van der Waals surface area contributed by atoms with Crippen LogP contribution in [0.15, 0.2) is 28.8 Å². The minimum absolute atomic E-state index is 0.125. The van der Waals surface area contributed by atoms with Crippen molar-refractivity contribution in [2.24, 2.45) is 0 Å². The third-order valence-corrected chi connectivity index (χ3v) is 2.51. The van der Waals surface area contributed by atoms with E-state index in [9.17, 15) is 17.6 Å². The van der Waals surface area contributed by atoms with Crippen LogP contribution in [-0.2, 0) is 12.8 Å². The quantitative estimate of drug-likeness (QED) is 0.878. The summed E-state index contributed by atoms with van der Waals surface area (Å²) in [5, 5.41) is 12.4. The van der Waals surface area contributed by atoms with Gasteiger partial charge >= 0.3 is 6.18 Å². The highest BCUT2D eigenvalue weighted by molar-refractivity contribution is 5.19. The molecule has 0 radical (unpaired) electrons. The summed E-state index contributed by atoms with van der Waals surface area (Å²) < 4.78 is 54.0. The van der Waals surface area contributed by atoms with E-state index in [4.69, 9.17) is 5.11 Å². The van der Waals surface area contributed by atoms with Gasteiger partial charge in [-0.05, 0) is 17.7 Å². The van der Waals surface area contributed by atoms with Gasteiger partial charge in [0.15, 0.2) is 11.9 Å². The lowest BCUT2D eigenvalue weighted by Gasteiger charge is -2.11. The Labute approximate surface area is 111 Å². The Morgan fingerprint density at radius 1 is 1.30 bits per heavy atom. The van der Waals surface area contributed by atoms with Gasteiger partial charge in [0.25, 0.3) is 0 Å². The van der Waals surface area contributed by atoms with Crippen molar-refractivity contribution in [1.29, 1.82) is 0 Å². The Morgan fingerprint density at radius 3 is 2.70 bits per heavy atom. The van der Waals surface area contributed by atoms with Crippen LogP contribution in [0.4, 0.5) is 17.6 Å². The molecule has 0 aliphatic rings. The van der Waals surface area contributed by atoms with Crippen LogP contribution < -0.4 is 0 Å². The Balaban J connectivity index is 2.02. The maximum Gasteiger partial charge on any atom is 0.414 e. The molecule has 0 saturated heterocycles. The van der Waals surface area contributed by atoms with Gasteiger partial charge in [0.05, 0.1) is 6.42 Å². The summed E-state index contributed by atoms with van der Waals surface area (Å²) in [6.07, 6.45) is -7.97. The number of rotatable bonds is 4. The van der Waals surface area contributed by atoms with E-state index in [2.05, 4.69) is 14.7 Å². The van der Waals surface area contributed by atoms with E-state index in [0.717, 1.165) is 0 Å². The molecule has 8 heteroatoms. The van der Waals surface area contributed by atoms with Gasteiger partial charge in [-0.15, -0.1) is 0 Å². The smallest absolute Gasteiger partial charge is 0.383 e. The first-order valence-corrected chi connectivity index (χ1v) is 5.65. The largest absolute Gasteiger partial charge is 0.414 e. The van der Waals surface area contributed by atoms with E-state index >= 15 is 0 Å². The fraction of sp³-hybridized carbons (Fsp3) is 0.333. The zero-order valence-electron chi connectivity index (χ0n) is 10.1. The molecule has 2 aromatic rings. The van der Waals surface area contributed by atoms with Crippen LogP contribution in [0.5, 0.6) is 0 Å². The number of alkyl halides is 3. The van der Waals surface area contributed by atoms with Crippen molar-refractivity contribution >= 4 is 0 Å². The van der Waals surface area contributed by atoms with Crippen LogP contribution in [0.1, 0.15) is 17.3 Å². The molecule has 1 aromatic carbocycles. The Hall–Kier alpha value is -1.96. The molecule has 4 nitrogen and oxygen atoms in total. The molecule has 1 aromatic heterocycles. The summed E-state index contributed by atoms with van der Waals surface area (Å²) in [7, 11) is 0. The van der Waals surface area contributed by atoms with E-state index in [1.165, 1.54) is 18.2 Å². The summed E-state index contributed by atoms with van der Waals surface area (Å²) in [5.41, 5.74) is 0.564. The second-order valence-corrected chi connectivity index (χ2v) is 4.17. The van der Waals surface area contributed by atoms with Gasteiger partial charge in [-0.1, -0.05) is 17.3 Å². The monoisotopic (exact) mass is 290 g/mol. The zero-order valence-corrected chi connectivity index (χ0v) is 10.1. The molecule has 0 amide bonds. The van der Waals surface area contributed by atoms with Gasteiger partial charge in [0.1, 0.15) is 5.82 Å². The van der Waals surface area contributed by atoms with Crippen molar-refractivity contribution in [1.82, 2.24) is 10.1 Å². The van der Waals surface area contributed by atoms with Crippen molar-refractivity contribution < 1.29 is 27.2 Å². The first kappa shape index (κ1) is 14.4. The average Bonchev–Trinajstić information content (AvgIpc) is 2.75. The fourth-order valence-corrected chi connectivity index (χ4v) is 1.56. The molecule has 108 valence electrons. The molecule has 0 saturated carbocycles. The van der Waals surface area contributed by atoms with Crippen molar-refractivity contribution in [3.63, 3.8) is 0 Å². The lowest BCUT2D eigenvalue weighted by atomic mass is 10.1. The number of hydrogen-bond acceptors (Lipinski definition) is 4. The van der Waals surface area contributed by atoms with Crippen LogP contribution in [0, 0.1) is 5.82 Å². The first-order valence-electron chi connectivity index (χ1n) is 5.65. The highest BCUT2D eigenvalue weighted by Crippen LogP contribution is 2.22. The highest BCUT2D eigenvalue weighted by atomic mass is 19.4. The normalized spacial score (nSPS) is 13.4. The van der Waals surface area contributed by atoms with Gasteiger partial charge in [-0.2, -0.15) is 18.2 Å². The maximum absolute atomic E-state index is 13.0. The predicted octanol–water partition coefficient (Wildman–Crippen LogP) is 2.27. The molecule has 1 N–H and O–H groups in total. The predicted molar refractivity (Wildman–Crippen MR) is 59.3 cm³/mol. The number of nitrogens with zero attached hydrogens (tertiary/aromatic N) is 2. The lowest BCUT2D eigenvalue weighted by molar-refractivity contribution is -0.204. The van der Waals surface area contributed by atoms with E-state index in [-0.39, 0.29) is 18.1 Å². The average molecular weight is 290 g/mol. The molecule has 0 aliphatic carbocycles. The lowest BCUT2D eigenvalue weighted by Crippen LogP contribution is -2.30. The molecule has 1 atom stereocenters. The highest BCUT2D eigenvalue weighted by Gasteiger charge is 2.39. The number of hydrogen-bond donors (Lipinski definition) is 1. The maximum atomic E-state index is 13.0. The van der Waals surface area contributed by atoms with Crippen LogP contribution in [0.25, 0.3) is 0 Å². The van der Waals surface area contributed by atoms with Gasteiger partial charge < -0.3 is 9.63 Å². The molecule has 1 unspecified atom stereocenters. The zero-order chi connectivity index (χ0) is 14.8. The number of aliphatic hydroxyl groups excluding tert-OH is 1. The molecule has 0 aliphatic heterocycles. The van der Waals surface area contributed by atoms with Crippen LogP contribution in [0.3, 0.4) is 0 Å². The van der Waals surface area contributed by atoms with Crippen LogP contribution >= 0.6 is 0 Å². The molecule has 20 heavy (non-hydrogen) atoms. The summed E-state index contributed by atoms with van der Waals surface area (Å²) in [4.78, 5) is 3.73. The molecular formula is C12H10F4N2O2. The minimum Gasteiger partial charge on any atom is -0.383 e. The Kier molecular flexibility index (Phi) is 4.03. The van der Waals surface area contributed by atoms with E-state index < -0.39 is 24.5 Å². The first-order chi connectivity index (χ1) is 9.34. The second-order valence-electron chi connectivity index (χ2n) is 4.17. The topological polar surface area (TPSA) is 59.2 Å². The summed E-state index contributed by atoms with van der Waals surface area (Å²) in [6, 6.07) is 5.66. The van der Waals surface area contributed by atoms with Gasteiger partial charge in [-0.25, -0.2) is 4.39 Å². The van der Waals surface area contributed by atoms with E-state index in [1.807, 2.05) is 0 Å². The van der Waals surface area contributed by atoms with Crippen LogP contribution in [0.2, 0.25) is 0 Å². The third kappa shape index (κ3) is 3.77. The SMILES string of the molecule is OC(Cc1nc(Cc2cccc(F)c2)no1)C(F)(F)F. The number of halogens is 4. The van der Waals surface area contributed by atoms with Crippen LogP contribution in [-0.4, -0.2) is 27.5 Å². The number of benzene rings is 1. The summed E-state index contributed by atoms with van der Waals surface area (Å²) in [5.74, 6) is -0.625. The Bertz CT molecular complexity index is 583. The molecular weight excluding hydrogens is 280 g/mol.